The predicted octanol–water partition coefficient (Wildman–Crippen LogP) is 1.43. The number of aliphatic hydroxyl groups excluding tert-OH is 1. The molecule has 2 atom stereocenters. The molecule has 1 heterocycles. The van der Waals surface area contributed by atoms with E-state index in [1.54, 1.807) is 0 Å². The zero-order valence-corrected chi connectivity index (χ0v) is 7.09. The van der Waals surface area contributed by atoms with E-state index in [2.05, 4.69) is 0 Å². The minimum atomic E-state index is -3.01. The van der Waals surface area contributed by atoms with E-state index in [-0.39, 0.29) is 6.61 Å². The van der Waals surface area contributed by atoms with Gasteiger partial charge in [-0.1, -0.05) is 0 Å². The fourth-order valence-electron chi connectivity index (χ4n) is 1.43. The summed E-state index contributed by atoms with van der Waals surface area (Å²) in [7, 11) is 0. The van der Waals surface area contributed by atoms with Gasteiger partial charge < -0.3 is 9.84 Å². The van der Waals surface area contributed by atoms with Gasteiger partial charge in [-0.25, -0.2) is 8.78 Å². The summed E-state index contributed by atoms with van der Waals surface area (Å²) in [5, 5.41) is 9.18. The summed E-state index contributed by atoms with van der Waals surface area (Å²) in [5.74, 6) is -3.41. The molecule has 4 heteroatoms. The number of rotatable bonds is 2. The molecule has 0 aromatic heterocycles. The lowest BCUT2D eigenvalue weighted by atomic mass is 9.92. The van der Waals surface area contributed by atoms with Crippen molar-refractivity contribution in [3.8, 4) is 0 Å². The molecule has 2 unspecified atom stereocenters. The molecule has 0 amide bonds. The van der Waals surface area contributed by atoms with E-state index in [0.717, 1.165) is 13.3 Å². The smallest absolute Gasteiger partial charge is 0.271 e. The lowest BCUT2D eigenvalue weighted by Gasteiger charge is -2.29. The van der Waals surface area contributed by atoms with Gasteiger partial charge in [0.25, 0.3) is 5.92 Å². The molecule has 1 N–H and O–H groups in total. The molecule has 0 bridgehead atoms. The van der Waals surface area contributed by atoms with Gasteiger partial charge >= 0.3 is 0 Å². The first-order valence-corrected chi connectivity index (χ1v) is 4.15. The molecule has 1 fully saturated rings. The van der Waals surface area contributed by atoms with Crippen molar-refractivity contribution >= 4 is 0 Å². The highest BCUT2D eigenvalue weighted by molar-refractivity contribution is 4.80. The summed E-state index contributed by atoms with van der Waals surface area (Å²) in [4.78, 5) is 0. The number of halogens is 2. The Balaban J connectivity index is 2.45. The van der Waals surface area contributed by atoms with Gasteiger partial charge in [-0.05, 0) is 12.8 Å². The molecule has 0 aromatic carbocycles. The SMILES string of the molecule is CC(F)(F)C(O)C1CCCOC1. The van der Waals surface area contributed by atoms with Crippen LogP contribution in [0.15, 0.2) is 0 Å². The number of aliphatic hydroxyl groups is 1. The Bertz CT molecular complexity index is 138. The largest absolute Gasteiger partial charge is 0.386 e. The van der Waals surface area contributed by atoms with E-state index < -0.39 is 17.9 Å². The highest BCUT2D eigenvalue weighted by Gasteiger charge is 2.39. The summed E-state index contributed by atoms with van der Waals surface area (Å²) < 4.78 is 30.2. The Morgan fingerprint density at radius 1 is 1.58 bits per heavy atom. The minimum Gasteiger partial charge on any atom is -0.386 e. The third-order valence-corrected chi connectivity index (χ3v) is 2.16. The molecule has 0 aliphatic carbocycles. The van der Waals surface area contributed by atoms with Crippen LogP contribution in [0.1, 0.15) is 19.8 Å². The quantitative estimate of drug-likeness (QED) is 0.696. The van der Waals surface area contributed by atoms with Crippen molar-refractivity contribution in [1.29, 1.82) is 0 Å². The van der Waals surface area contributed by atoms with E-state index in [1.165, 1.54) is 0 Å². The van der Waals surface area contributed by atoms with Gasteiger partial charge in [0.05, 0.1) is 6.61 Å². The summed E-state index contributed by atoms with van der Waals surface area (Å²) in [5.41, 5.74) is 0. The topological polar surface area (TPSA) is 29.5 Å². The summed E-state index contributed by atoms with van der Waals surface area (Å²) in [6, 6.07) is 0. The first-order chi connectivity index (χ1) is 5.52. The van der Waals surface area contributed by atoms with E-state index in [1.807, 2.05) is 0 Å². The number of ether oxygens (including phenoxy) is 1. The Hall–Kier alpha value is -0.220. The van der Waals surface area contributed by atoms with Crippen LogP contribution in [-0.2, 0) is 4.74 Å². The maximum Gasteiger partial charge on any atom is 0.271 e. The van der Waals surface area contributed by atoms with E-state index in [4.69, 9.17) is 4.74 Å². The minimum absolute atomic E-state index is 0.255. The van der Waals surface area contributed by atoms with Crippen LogP contribution in [0.25, 0.3) is 0 Å². The van der Waals surface area contributed by atoms with E-state index in [0.29, 0.717) is 13.0 Å². The summed E-state index contributed by atoms with van der Waals surface area (Å²) in [6.45, 7) is 1.62. The van der Waals surface area contributed by atoms with Gasteiger partial charge in [0.2, 0.25) is 0 Å². The maximum atomic E-state index is 12.6. The Morgan fingerprint density at radius 3 is 2.67 bits per heavy atom. The Labute approximate surface area is 70.5 Å². The number of hydrogen-bond donors (Lipinski definition) is 1. The molecule has 0 saturated carbocycles. The fourth-order valence-corrected chi connectivity index (χ4v) is 1.43. The standard InChI is InChI=1S/C8H14F2O2/c1-8(9,10)7(11)6-3-2-4-12-5-6/h6-7,11H,2-5H2,1H3. The second-order valence-corrected chi connectivity index (χ2v) is 3.38. The van der Waals surface area contributed by atoms with E-state index >= 15 is 0 Å². The molecular weight excluding hydrogens is 166 g/mol. The van der Waals surface area contributed by atoms with Crippen LogP contribution in [-0.4, -0.2) is 30.3 Å². The molecule has 72 valence electrons. The van der Waals surface area contributed by atoms with Crippen LogP contribution in [0.3, 0.4) is 0 Å². The average molecular weight is 180 g/mol. The molecule has 1 aliphatic rings. The average Bonchev–Trinajstić information content (AvgIpc) is 2.03. The van der Waals surface area contributed by atoms with Crippen LogP contribution in [0, 0.1) is 5.92 Å². The first-order valence-electron chi connectivity index (χ1n) is 4.15. The highest BCUT2D eigenvalue weighted by Crippen LogP contribution is 2.28. The second-order valence-electron chi connectivity index (χ2n) is 3.38. The molecule has 0 spiro atoms. The molecule has 12 heavy (non-hydrogen) atoms. The molecule has 2 nitrogen and oxygen atoms in total. The zero-order valence-electron chi connectivity index (χ0n) is 7.09. The zero-order chi connectivity index (χ0) is 9.19. The van der Waals surface area contributed by atoms with Crippen LogP contribution in [0.5, 0.6) is 0 Å². The van der Waals surface area contributed by atoms with Crippen LogP contribution in [0.4, 0.5) is 8.78 Å². The van der Waals surface area contributed by atoms with Crippen LogP contribution in [0.2, 0.25) is 0 Å². The fraction of sp³-hybridized carbons (Fsp3) is 1.00. The van der Waals surface area contributed by atoms with Crippen molar-refractivity contribution in [1.82, 2.24) is 0 Å². The monoisotopic (exact) mass is 180 g/mol. The van der Waals surface area contributed by atoms with Crippen molar-refractivity contribution in [2.24, 2.45) is 5.92 Å². The van der Waals surface area contributed by atoms with Crippen molar-refractivity contribution in [3.63, 3.8) is 0 Å². The molecule has 1 aliphatic heterocycles. The molecule has 0 radical (unpaired) electrons. The maximum absolute atomic E-state index is 12.6. The van der Waals surface area contributed by atoms with Gasteiger partial charge in [-0.15, -0.1) is 0 Å². The van der Waals surface area contributed by atoms with Gasteiger partial charge in [-0.2, -0.15) is 0 Å². The summed E-state index contributed by atoms with van der Waals surface area (Å²) in [6.07, 6.45) is -0.166. The molecule has 1 saturated heterocycles. The van der Waals surface area contributed by atoms with Gasteiger partial charge in [0, 0.05) is 19.4 Å². The second kappa shape index (κ2) is 3.66. The normalized spacial score (nSPS) is 28.5. The van der Waals surface area contributed by atoms with Crippen LogP contribution >= 0.6 is 0 Å². The van der Waals surface area contributed by atoms with Crippen molar-refractivity contribution in [2.45, 2.75) is 31.8 Å². The van der Waals surface area contributed by atoms with Gasteiger partial charge in [-0.3, -0.25) is 0 Å². The Kier molecular flexibility index (Phi) is 3.01. The number of alkyl halides is 2. The Morgan fingerprint density at radius 2 is 2.25 bits per heavy atom. The van der Waals surface area contributed by atoms with E-state index in [9.17, 15) is 13.9 Å². The lowest BCUT2D eigenvalue weighted by Crippen LogP contribution is -2.40. The molecular formula is C8H14F2O2. The molecule has 1 rings (SSSR count). The summed E-state index contributed by atoms with van der Waals surface area (Å²) >= 11 is 0. The van der Waals surface area contributed by atoms with Crippen LogP contribution < -0.4 is 0 Å². The van der Waals surface area contributed by atoms with Crippen molar-refractivity contribution < 1.29 is 18.6 Å². The lowest BCUT2D eigenvalue weighted by molar-refractivity contribution is -0.139. The predicted molar refractivity (Wildman–Crippen MR) is 40.2 cm³/mol. The van der Waals surface area contributed by atoms with Crippen molar-refractivity contribution in [2.75, 3.05) is 13.2 Å². The van der Waals surface area contributed by atoms with Gasteiger partial charge in [0.15, 0.2) is 0 Å². The highest BCUT2D eigenvalue weighted by atomic mass is 19.3. The third kappa shape index (κ3) is 2.38. The molecule has 0 aromatic rings. The third-order valence-electron chi connectivity index (χ3n) is 2.16. The first kappa shape index (κ1) is 9.86. The van der Waals surface area contributed by atoms with Crippen molar-refractivity contribution in [3.05, 3.63) is 0 Å². The van der Waals surface area contributed by atoms with Gasteiger partial charge in [0.1, 0.15) is 6.10 Å². The number of hydrogen-bond acceptors (Lipinski definition) is 2.